The number of hydrogen-bond acceptors (Lipinski definition) is 9. The first-order valence-corrected chi connectivity index (χ1v) is 25.6. The number of nitrogens with zero attached hydrogens (tertiary/aromatic N) is 3. The molecular weight excluding hydrogens is 1490 g/mol. The second kappa shape index (κ2) is 26.7. The molecule has 90 heavy (non-hydrogen) atoms. The van der Waals surface area contributed by atoms with Gasteiger partial charge in [0.1, 0.15) is 53.1 Å². The van der Waals surface area contributed by atoms with Crippen LogP contribution in [0.4, 0.5) is 202 Å². The predicted octanol–water partition coefficient (Wildman–Crippen LogP) is 18.5. The van der Waals surface area contributed by atoms with Crippen molar-refractivity contribution in [1.82, 2.24) is 0 Å². The zero-order valence-electron chi connectivity index (χ0n) is 40.8. The topological polar surface area (TPSA) is 92.5 Å². The van der Waals surface area contributed by atoms with E-state index in [1.54, 1.807) is 13.5 Å². The van der Waals surface area contributed by atoms with Crippen molar-refractivity contribution in [2.75, 3.05) is 59.7 Å². The van der Waals surface area contributed by atoms with Crippen LogP contribution in [0.3, 0.4) is 0 Å². The summed E-state index contributed by atoms with van der Waals surface area (Å²) in [6, 6.07) is 0. The van der Waals surface area contributed by atoms with E-state index in [-0.39, 0.29) is 0 Å². The molecule has 0 saturated heterocycles. The summed E-state index contributed by atoms with van der Waals surface area (Å²) in [5.41, 5.74) is -13.9. The molecule has 0 aliphatic carbocycles. The molecule has 9 nitrogen and oxygen atoms in total. The quantitative estimate of drug-likeness (QED) is 0.0452. The Morgan fingerprint density at radius 1 is 0.256 bits per heavy atom. The van der Waals surface area contributed by atoms with E-state index in [1.807, 2.05) is 0 Å². The largest absolute Gasteiger partial charge is 0.380 e. The van der Waals surface area contributed by atoms with E-state index < -0.39 is 221 Å². The van der Waals surface area contributed by atoms with Gasteiger partial charge in [0, 0.05) is 0 Å². The lowest BCUT2D eigenvalue weighted by Gasteiger charge is -2.41. The van der Waals surface area contributed by atoms with Crippen molar-refractivity contribution in [2.45, 2.75) is 138 Å². The SMILES string of the molecule is FCC(F)C(F)(F)C(F)(F)C(F)(F)COP1(OCC(F)(F)C(F)(F)C(F)F)=NP(OCC(F)(F)C(F)(F)C(F)(F)C(F)F)(OCC(F)(F)C(F)(F)C(F)(F)C(F)F)=NP(OCC(F)(F)C(F)(F)C(F)(F)C(F)F)(OCC(F)(CF)C(F)(CF)C(F)(F)C(F)F)=N1. The molecule has 0 saturated carbocycles. The van der Waals surface area contributed by atoms with Crippen molar-refractivity contribution in [2.24, 2.45) is 13.5 Å². The molecule has 1 rings (SSSR count). The zero-order valence-corrected chi connectivity index (χ0v) is 43.5. The molecule has 1 heterocycles. The Labute approximate surface area is 464 Å². The third-order valence-corrected chi connectivity index (χ3v) is 19.0. The highest BCUT2D eigenvalue weighted by Crippen LogP contribution is 2.82. The van der Waals surface area contributed by atoms with Crippen molar-refractivity contribution in [3.8, 4) is 0 Å². The van der Waals surface area contributed by atoms with Gasteiger partial charge in [-0.25, -0.2) is 70.2 Å². The normalized spacial score (nSPS) is 21.6. The minimum absolute atomic E-state index is 1.58. The van der Waals surface area contributed by atoms with Crippen molar-refractivity contribution in [1.29, 1.82) is 0 Å². The van der Waals surface area contributed by atoms with Crippen molar-refractivity contribution in [3.05, 3.63) is 0 Å². The highest BCUT2D eigenvalue weighted by atomic mass is 31.3. The lowest BCUT2D eigenvalue weighted by Crippen LogP contribution is -2.66. The van der Waals surface area contributed by atoms with E-state index >= 15 is 43.9 Å². The van der Waals surface area contributed by atoms with Crippen LogP contribution in [0.5, 0.6) is 0 Å². The first-order chi connectivity index (χ1) is 39.4. The van der Waals surface area contributed by atoms with Gasteiger partial charge >= 0.3 is 144 Å². The first kappa shape index (κ1) is 85.2. The third-order valence-electron chi connectivity index (χ3n) is 10.7. The lowest BCUT2D eigenvalue weighted by atomic mass is 9.83. The highest BCUT2D eigenvalue weighted by Gasteiger charge is 2.80. The molecule has 0 bridgehead atoms. The monoisotopic (exact) mass is 1510 g/mol. The summed E-state index contributed by atoms with van der Waals surface area (Å²) in [4.78, 5) is 0. The second-order valence-corrected chi connectivity index (χ2v) is 23.7. The fourth-order valence-corrected chi connectivity index (χ4v) is 14.7. The molecule has 5 unspecified atom stereocenters. The maximum atomic E-state index is 16.2. The van der Waals surface area contributed by atoms with Crippen molar-refractivity contribution in [3.63, 3.8) is 0 Å². The van der Waals surface area contributed by atoms with Gasteiger partial charge in [-0.3, -0.25) is 22.6 Å². The zero-order chi connectivity index (χ0) is 72.2. The average molecular weight is 1510 g/mol. The summed E-state index contributed by atoms with van der Waals surface area (Å²) in [5, 5.41) is 0. The van der Waals surface area contributed by atoms with Gasteiger partial charge in [0.15, 0.2) is 6.17 Å². The van der Waals surface area contributed by atoms with Crippen LogP contribution >= 0.6 is 23.0 Å². The molecule has 1 aliphatic rings. The molecule has 0 aromatic heterocycles. The Morgan fingerprint density at radius 3 is 0.667 bits per heavy atom. The molecule has 0 N–H and O–H groups in total. The Balaban J connectivity index is 5.67. The molecule has 0 spiro atoms. The van der Waals surface area contributed by atoms with Crippen molar-refractivity contribution >= 4 is 23.0 Å². The summed E-state index contributed by atoms with van der Waals surface area (Å²) >= 11 is 0. The molecule has 58 heteroatoms. The smallest absolute Gasteiger partial charge is 0.303 e. The van der Waals surface area contributed by atoms with E-state index in [2.05, 4.69) is 27.1 Å². The number of halogens is 46. The van der Waals surface area contributed by atoms with E-state index in [0.717, 1.165) is 0 Å². The maximum absolute atomic E-state index is 16.2. The van der Waals surface area contributed by atoms with Gasteiger partial charge in [0.05, 0.1) is 6.61 Å². The Morgan fingerprint density at radius 2 is 0.467 bits per heavy atom. The van der Waals surface area contributed by atoms with E-state index in [0.29, 0.717) is 0 Å². The van der Waals surface area contributed by atoms with Crippen LogP contribution in [0.2, 0.25) is 0 Å². The minimum Gasteiger partial charge on any atom is -0.303 e. The maximum Gasteiger partial charge on any atom is 0.380 e. The number of hydrogen-bond donors (Lipinski definition) is 0. The Hall–Kier alpha value is -2.77. The van der Waals surface area contributed by atoms with Crippen molar-refractivity contribution < 1.29 is 229 Å². The van der Waals surface area contributed by atoms with Gasteiger partial charge in [-0.2, -0.15) is 132 Å². The van der Waals surface area contributed by atoms with Gasteiger partial charge in [-0.05, 0) is 0 Å². The van der Waals surface area contributed by atoms with E-state index in [4.69, 9.17) is 0 Å². The molecule has 0 aromatic rings. The molecule has 1 aliphatic heterocycles. The second-order valence-electron chi connectivity index (χ2n) is 17.1. The minimum atomic E-state index is -9.15. The summed E-state index contributed by atoms with van der Waals surface area (Å²) in [6.45, 7) is -41.7. The number of rotatable bonds is 38. The fraction of sp³-hybridized carbons (Fsp3) is 1.00. The molecule has 0 radical (unpaired) electrons. The summed E-state index contributed by atoms with van der Waals surface area (Å²) in [7, 11) is -27.3. The van der Waals surface area contributed by atoms with Gasteiger partial charge < -0.3 is 4.52 Å². The molecule has 0 aromatic carbocycles. The van der Waals surface area contributed by atoms with Gasteiger partial charge in [-0.15, -0.1) is 13.5 Å². The van der Waals surface area contributed by atoms with Crippen LogP contribution in [0.25, 0.3) is 0 Å². The van der Waals surface area contributed by atoms with Crippen LogP contribution in [-0.4, -0.2) is 198 Å². The first-order valence-electron chi connectivity index (χ1n) is 21.0. The molecular formula is C32H24F46N3O6P3. The van der Waals surface area contributed by atoms with Crippen LogP contribution < -0.4 is 0 Å². The van der Waals surface area contributed by atoms with E-state index in [1.165, 1.54) is 0 Å². The number of alkyl halides is 46. The van der Waals surface area contributed by atoms with E-state index in [9.17, 15) is 158 Å². The fourth-order valence-electron chi connectivity index (χ4n) is 5.15. The molecule has 0 fully saturated rings. The summed E-state index contributed by atoms with van der Waals surface area (Å²) in [6.07, 6.45) is -36.9. The standard InChI is InChI=1S/C32H24F46N3O6P3/c33-1-10(36)23(59,60)29(71,72)19(51,52)6-85-89(83-5-18(49,50)25(63,64)12(39)40)79-88(84-7-20(53,54)30(73,74)26(65,66)13(41)42,82-4-16(47,2-34)17(48,3-35)24(61,62)11(37)38)80-90(81-89,86-8-21(55,56)31(75,76)27(67,68)14(43)44)87-9-22(57,58)32(77,78)28(69,70)15(45)46/h10-15H,1-9H2. The average Bonchev–Trinajstić information content (AvgIpc) is 0.739. The Bertz CT molecular complexity index is 2540. The highest BCUT2D eigenvalue weighted by molar-refractivity contribution is 7.78. The summed E-state index contributed by atoms with van der Waals surface area (Å²) in [5.74, 6) is -118. The van der Waals surface area contributed by atoms with Crippen LogP contribution in [0.15, 0.2) is 13.5 Å². The van der Waals surface area contributed by atoms with Gasteiger partial charge in [-0.1, -0.05) is 0 Å². The summed E-state index contributed by atoms with van der Waals surface area (Å²) < 4.78 is 681. The van der Waals surface area contributed by atoms with Gasteiger partial charge in [0.2, 0.25) is 11.3 Å². The van der Waals surface area contributed by atoms with Crippen LogP contribution in [0, 0.1) is 0 Å². The van der Waals surface area contributed by atoms with Crippen LogP contribution in [0.1, 0.15) is 0 Å². The third kappa shape index (κ3) is 15.1. The predicted molar refractivity (Wildman–Crippen MR) is 198 cm³/mol. The van der Waals surface area contributed by atoms with Gasteiger partial charge in [0.25, 0.3) is 0 Å². The lowest BCUT2D eigenvalue weighted by molar-refractivity contribution is -0.344. The van der Waals surface area contributed by atoms with Crippen LogP contribution in [-0.2, 0) is 27.1 Å². The molecule has 540 valence electrons. The molecule has 5 atom stereocenters. The molecule has 0 amide bonds. The Kier molecular flexibility index (Phi) is 25.3.